The van der Waals surface area contributed by atoms with Crippen molar-refractivity contribution >= 4 is 29.7 Å². The Morgan fingerprint density at radius 2 is 2.10 bits per heavy atom. The Morgan fingerprint density at radius 3 is 2.72 bits per heavy atom. The first-order valence-corrected chi connectivity index (χ1v) is 10.9. The number of fused-ring (bicyclic) bond motifs is 1. The minimum absolute atomic E-state index is 0.0724. The zero-order valence-electron chi connectivity index (χ0n) is 16.6. The fourth-order valence-electron chi connectivity index (χ4n) is 5.08. The van der Waals surface area contributed by atoms with Gasteiger partial charge >= 0.3 is 6.16 Å². The first-order valence-electron chi connectivity index (χ1n) is 10.0. The van der Waals surface area contributed by atoms with Gasteiger partial charge in [-0.05, 0) is 25.7 Å². The van der Waals surface area contributed by atoms with Crippen LogP contribution in [0.1, 0.15) is 26.7 Å². The number of nitrogens with zero attached hydrogens (tertiary/aromatic N) is 1. The number of carboxylic acid groups (broad SMARTS) is 1. The van der Waals surface area contributed by atoms with E-state index in [-0.39, 0.29) is 46.9 Å². The minimum Gasteiger partial charge on any atom is -0.449 e. The number of aliphatic hydroxyl groups excluding tert-OH is 1. The molecule has 160 valence electrons. The molecule has 2 unspecified atom stereocenters. The fourth-order valence-corrected chi connectivity index (χ4v) is 6.51. The van der Waals surface area contributed by atoms with Gasteiger partial charge in [-0.1, -0.05) is 6.92 Å². The van der Waals surface area contributed by atoms with Crippen molar-refractivity contribution in [3.63, 3.8) is 0 Å². The third-order valence-electron chi connectivity index (χ3n) is 6.61. The molecule has 3 aliphatic heterocycles. The summed E-state index contributed by atoms with van der Waals surface area (Å²) in [5.41, 5.74) is 0. The Balaban J connectivity index is 1.46. The highest BCUT2D eigenvalue weighted by Crippen LogP contribution is 2.53. The quantitative estimate of drug-likeness (QED) is 0.359. The molecule has 2 amide bonds. The van der Waals surface area contributed by atoms with Gasteiger partial charge in [-0.25, -0.2) is 4.79 Å². The summed E-state index contributed by atoms with van der Waals surface area (Å²) >= 11 is 1.55. The maximum atomic E-state index is 12.5. The van der Waals surface area contributed by atoms with Crippen molar-refractivity contribution < 1.29 is 29.3 Å². The van der Waals surface area contributed by atoms with Gasteiger partial charge in [0.1, 0.15) is 0 Å². The second-order valence-corrected chi connectivity index (χ2v) is 9.74. The number of aliphatic hydroxyl groups is 1. The summed E-state index contributed by atoms with van der Waals surface area (Å²) in [6.07, 6.45) is -0.483. The summed E-state index contributed by atoms with van der Waals surface area (Å²) in [5.74, 6) is -0.341. The van der Waals surface area contributed by atoms with Gasteiger partial charge in [0, 0.05) is 36.7 Å². The van der Waals surface area contributed by atoms with E-state index in [1.54, 1.807) is 25.7 Å². The summed E-state index contributed by atoms with van der Waals surface area (Å²) in [7, 11) is 1.65. The standard InChI is InChI=1S/C19H27N3O6S/c1-7-14-13(8(2)23)17(25)22(14)18(28-19(26)27)15(7)29-9-4-12(21-6-9)10-5-11(10)16(24)20-3/h7-14,21,23H,4-6H2,1-3H3,(H,20,24)(H,26,27)/t7-,8-,9+,10?,11?,12+,13-,14-/m1/s1. The molecule has 0 aromatic carbocycles. The smallest absolute Gasteiger partial charge is 0.449 e. The highest BCUT2D eigenvalue weighted by atomic mass is 32.2. The molecule has 3 fully saturated rings. The van der Waals surface area contributed by atoms with Crippen molar-refractivity contribution in [2.45, 2.75) is 50.1 Å². The van der Waals surface area contributed by atoms with Crippen LogP contribution in [0.2, 0.25) is 0 Å². The third-order valence-corrected chi connectivity index (χ3v) is 8.10. The lowest BCUT2D eigenvalue weighted by atomic mass is 9.79. The Labute approximate surface area is 173 Å². The number of rotatable bonds is 6. The third kappa shape index (κ3) is 3.40. The molecular formula is C19H27N3O6S. The predicted molar refractivity (Wildman–Crippen MR) is 105 cm³/mol. The second kappa shape index (κ2) is 7.48. The number of thioether (sulfide) groups is 1. The van der Waals surface area contributed by atoms with E-state index < -0.39 is 18.2 Å². The van der Waals surface area contributed by atoms with Crippen LogP contribution >= 0.6 is 11.8 Å². The second-order valence-electron chi connectivity index (χ2n) is 8.40. The largest absolute Gasteiger partial charge is 0.512 e. The lowest BCUT2D eigenvalue weighted by Gasteiger charge is -2.45. The summed E-state index contributed by atoms with van der Waals surface area (Å²) in [6.45, 7) is 4.28. The molecule has 1 saturated carbocycles. The van der Waals surface area contributed by atoms with E-state index in [9.17, 15) is 19.5 Å². The number of ether oxygens (including phenoxy) is 1. The molecule has 4 N–H and O–H groups in total. The lowest BCUT2D eigenvalue weighted by Crippen LogP contribution is -2.63. The lowest BCUT2D eigenvalue weighted by molar-refractivity contribution is -0.163. The van der Waals surface area contributed by atoms with Crippen LogP contribution in [0.4, 0.5) is 4.79 Å². The molecule has 9 nitrogen and oxygen atoms in total. The maximum absolute atomic E-state index is 12.5. The van der Waals surface area contributed by atoms with Crippen molar-refractivity contribution in [2.24, 2.45) is 23.7 Å². The zero-order chi connectivity index (χ0) is 21.0. The van der Waals surface area contributed by atoms with E-state index in [4.69, 9.17) is 9.84 Å². The first kappa shape index (κ1) is 20.5. The molecule has 4 rings (SSSR count). The number of hydrogen-bond donors (Lipinski definition) is 4. The van der Waals surface area contributed by atoms with Crippen LogP contribution < -0.4 is 10.6 Å². The Bertz CT molecular complexity index is 771. The number of nitrogens with one attached hydrogen (secondary N) is 2. The molecular weight excluding hydrogens is 398 g/mol. The molecule has 2 saturated heterocycles. The molecule has 1 aliphatic carbocycles. The van der Waals surface area contributed by atoms with Crippen LogP contribution in [0.5, 0.6) is 0 Å². The summed E-state index contributed by atoms with van der Waals surface area (Å²) < 4.78 is 5.01. The van der Waals surface area contributed by atoms with Crippen molar-refractivity contribution in [2.75, 3.05) is 13.6 Å². The van der Waals surface area contributed by atoms with Crippen LogP contribution in [0.15, 0.2) is 10.8 Å². The Kier molecular flexibility index (Phi) is 5.28. The molecule has 3 heterocycles. The molecule has 0 radical (unpaired) electrons. The summed E-state index contributed by atoms with van der Waals surface area (Å²) in [4.78, 5) is 37.6. The van der Waals surface area contributed by atoms with Gasteiger partial charge in [-0.2, -0.15) is 0 Å². The first-order chi connectivity index (χ1) is 13.7. The number of hydrogen-bond acceptors (Lipinski definition) is 7. The molecule has 8 atom stereocenters. The van der Waals surface area contributed by atoms with Gasteiger partial charge in [0.05, 0.1) is 23.0 Å². The average molecular weight is 426 g/mol. The van der Waals surface area contributed by atoms with Crippen LogP contribution in [-0.4, -0.2) is 70.1 Å². The highest BCUT2D eigenvalue weighted by Gasteiger charge is 2.60. The van der Waals surface area contributed by atoms with Crippen molar-refractivity contribution in [1.29, 1.82) is 0 Å². The monoisotopic (exact) mass is 425 g/mol. The van der Waals surface area contributed by atoms with Gasteiger partial charge < -0.3 is 25.6 Å². The zero-order valence-corrected chi connectivity index (χ0v) is 17.4. The van der Waals surface area contributed by atoms with E-state index in [2.05, 4.69) is 10.6 Å². The molecule has 0 bridgehead atoms. The number of amides is 2. The summed E-state index contributed by atoms with van der Waals surface area (Å²) in [5, 5.41) is 25.5. The average Bonchev–Trinajstić information content (AvgIpc) is 3.26. The Morgan fingerprint density at radius 1 is 1.38 bits per heavy atom. The SMILES string of the molecule is CNC(=O)C1CC1[C@@H]1C[C@H](SC2=C(OC(=O)O)N3C(=O)[C@H]([C@@H](C)O)[C@H]3[C@H]2C)CN1. The van der Waals surface area contributed by atoms with Crippen molar-refractivity contribution in [3.8, 4) is 0 Å². The molecule has 0 aromatic heterocycles. The minimum atomic E-state index is -1.45. The molecule has 0 spiro atoms. The van der Waals surface area contributed by atoms with Gasteiger partial charge in [-0.15, -0.1) is 11.8 Å². The number of carbonyl (C=O) groups excluding carboxylic acids is 2. The molecule has 10 heteroatoms. The van der Waals surface area contributed by atoms with Gasteiger partial charge in [0.15, 0.2) is 0 Å². The van der Waals surface area contributed by atoms with Crippen LogP contribution in [0.25, 0.3) is 0 Å². The number of β-lactam (4-membered cyclic amide) rings is 1. The van der Waals surface area contributed by atoms with Crippen LogP contribution in [0.3, 0.4) is 0 Å². The molecule has 0 aromatic rings. The van der Waals surface area contributed by atoms with E-state index in [0.29, 0.717) is 5.92 Å². The van der Waals surface area contributed by atoms with Crippen LogP contribution in [0, 0.1) is 23.7 Å². The van der Waals surface area contributed by atoms with E-state index in [0.717, 1.165) is 24.3 Å². The van der Waals surface area contributed by atoms with E-state index in [1.165, 1.54) is 4.90 Å². The van der Waals surface area contributed by atoms with Crippen molar-refractivity contribution in [3.05, 3.63) is 10.8 Å². The van der Waals surface area contributed by atoms with Gasteiger partial charge in [0.2, 0.25) is 17.7 Å². The number of carbonyl (C=O) groups is 3. The van der Waals surface area contributed by atoms with Gasteiger partial charge in [-0.3, -0.25) is 14.5 Å². The Hall–Kier alpha value is -1.78. The van der Waals surface area contributed by atoms with E-state index >= 15 is 0 Å². The van der Waals surface area contributed by atoms with Gasteiger partial charge in [0.25, 0.3) is 0 Å². The van der Waals surface area contributed by atoms with Crippen molar-refractivity contribution in [1.82, 2.24) is 15.5 Å². The topological polar surface area (TPSA) is 128 Å². The molecule has 29 heavy (non-hydrogen) atoms. The fraction of sp³-hybridized carbons (Fsp3) is 0.737. The highest BCUT2D eigenvalue weighted by molar-refractivity contribution is 8.03. The van der Waals surface area contributed by atoms with Crippen LogP contribution in [-0.2, 0) is 14.3 Å². The normalized spacial score (nSPS) is 39.1. The molecule has 4 aliphatic rings. The maximum Gasteiger partial charge on any atom is 0.512 e. The summed E-state index contributed by atoms with van der Waals surface area (Å²) in [6, 6.07) is -0.00889. The predicted octanol–water partition coefficient (Wildman–Crippen LogP) is 0.553. The van der Waals surface area contributed by atoms with E-state index in [1.807, 2.05) is 6.92 Å².